The second kappa shape index (κ2) is 6.41. The van der Waals surface area contributed by atoms with Gasteiger partial charge in [0.2, 0.25) is 5.95 Å². The Bertz CT molecular complexity index is 580. The van der Waals surface area contributed by atoms with Crippen molar-refractivity contribution < 1.29 is 9.13 Å². The predicted octanol–water partition coefficient (Wildman–Crippen LogP) is 3.88. The first kappa shape index (κ1) is 14.4. The zero-order valence-corrected chi connectivity index (χ0v) is 12.1. The van der Waals surface area contributed by atoms with Crippen LogP contribution in [0.5, 0.6) is 5.75 Å². The summed E-state index contributed by atoms with van der Waals surface area (Å²) in [4.78, 5) is 4.40. The molecule has 0 fully saturated rings. The summed E-state index contributed by atoms with van der Waals surface area (Å²) in [7, 11) is 1.56. The second-order valence-corrected chi connectivity index (χ2v) is 4.72. The van der Waals surface area contributed by atoms with Gasteiger partial charge in [-0.1, -0.05) is 13.3 Å². The summed E-state index contributed by atoms with van der Waals surface area (Å²) in [6.45, 7) is 4.93. The molecule has 0 aliphatic rings. The van der Waals surface area contributed by atoms with E-state index in [4.69, 9.17) is 4.74 Å². The van der Waals surface area contributed by atoms with Gasteiger partial charge in [-0.05, 0) is 25.5 Å². The molecule has 1 aromatic heterocycles. The van der Waals surface area contributed by atoms with Crippen molar-refractivity contribution in [3.63, 3.8) is 0 Å². The fourth-order valence-electron chi connectivity index (χ4n) is 1.99. The molecule has 1 heterocycles. The molecule has 2 rings (SSSR count). The number of anilines is 2. The van der Waals surface area contributed by atoms with E-state index < -0.39 is 0 Å². The van der Waals surface area contributed by atoms with Gasteiger partial charge in [0.05, 0.1) is 18.5 Å². The van der Waals surface area contributed by atoms with Crippen molar-refractivity contribution in [1.82, 2.24) is 9.55 Å². The maximum atomic E-state index is 13.8. The second-order valence-electron chi connectivity index (χ2n) is 4.72. The van der Waals surface area contributed by atoms with Crippen molar-refractivity contribution in [2.45, 2.75) is 33.2 Å². The van der Waals surface area contributed by atoms with E-state index in [9.17, 15) is 4.39 Å². The number of methoxy groups -OCH3 is 1. The van der Waals surface area contributed by atoms with Crippen LogP contribution in [-0.4, -0.2) is 16.7 Å². The molecule has 0 saturated carbocycles. The lowest BCUT2D eigenvalue weighted by atomic mass is 10.3. The molecule has 2 aromatic rings. The standard InChI is InChI=1S/C15H20FN3O/c1-4-5-8-19-10-11(2)17-15(19)18-14-9-12(20-3)6-7-13(14)16/h6-7,9-10H,4-5,8H2,1-3H3,(H,17,18). The number of imidazole rings is 1. The van der Waals surface area contributed by atoms with Crippen molar-refractivity contribution in [1.29, 1.82) is 0 Å². The fraction of sp³-hybridized carbons (Fsp3) is 0.400. The quantitative estimate of drug-likeness (QED) is 0.870. The summed E-state index contributed by atoms with van der Waals surface area (Å²) in [5.41, 5.74) is 1.28. The Labute approximate surface area is 118 Å². The monoisotopic (exact) mass is 277 g/mol. The van der Waals surface area contributed by atoms with Crippen LogP contribution in [0.15, 0.2) is 24.4 Å². The largest absolute Gasteiger partial charge is 0.497 e. The van der Waals surface area contributed by atoms with Gasteiger partial charge in [-0.25, -0.2) is 9.37 Å². The van der Waals surface area contributed by atoms with Crippen LogP contribution in [0.3, 0.4) is 0 Å². The number of hydrogen-bond acceptors (Lipinski definition) is 3. The first-order valence-corrected chi connectivity index (χ1v) is 6.78. The average Bonchev–Trinajstić information content (AvgIpc) is 2.79. The third-order valence-corrected chi connectivity index (χ3v) is 3.07. The molecule has 0 spiro atoms. The number of ether oxygens (including phenoxy) is 1. The molecular weight excluding hydrogens is 257 g/mol. The number of hydrogen-bond donors (Lipinski definition) is 1. The van der Waals surface area contributed by atoms with E-state index in [-0.39, 0.29) is 5.82 Å². The Morgan fingerprint density at radius 2 is 2.20 bits per heavy atom. The van der Waals surface area contributed by atoms with E-state index >= 15 is 0 Å². The van der Waals surface area contributed by atoms with Crippen LogP contribution >= 0.6 is 0 Å². The van der Waals surface area contributed by atoms with E-state index in [1.807, 2.05) is 17.7 Å². The Hall–Kier alpha value is -2.04. The van der Waals surface area contributed by atoms with Crippen LogP contribution in [0, 0.1) is 12.7 Å². The molecule has 1 N–H and O–H groups in total. The van der Waals surface area contributed by atoms with E-state index in [1.165, 1.54) is 6.07 Å². The molecule has 0 saturated heterocycles. The summed E-state index contributed by atoms with van der Waals surface area (Å²) in [6, 6.07) is 4.60. The maximum absolute atomic E-state index is 13.8. The summed E-state index contributed by atoms with van der Waals surface area (Å²) in [5.74, 6) is 0.939. The number of halogens is 1. The minimum Gasteiger partial charge on any atom is -0.497 e. The Morgan fingerprint density at radius 3 is 2.90 bits per heavy atom. The van der Waals surface area contributed by atoms with Crippen molar-refractivity contribution in [3.05, 3.63) is 35.9 Å². The Balaban J connectivity index is 2.25. The number of nitrogens with one attached hydrogen (secondary N) is 1. The lowest BCUT2D eigenvalue weighted by Gasteiger charge is -2.11. The minimum atomic E-state index is -0.325. The summed E-state index contributed by atoms with van der Waals surface area (Å²) in [6.07, 6.45) is 4.13. The molecule has 4 nitrogen and oxygen atoms in total. The average molecular weight is 277 g/mol. The van der Waals surface area contributed by atoms with Gasteiger partial charge in [-0.2, -0.15) is 0 Å². The van der Waals surface area contributed by atoms with Gasteiger partial charge in [0.25, 0.3) is 0 Å². The topological polar surface area (TPSA) is 39.1 Å². The van der Waals surface area contributed by atoms with Gasteiger partial charge in [-0.15, -0.1) is 0 Å². The molecule has 5 heteroatoms. The van der Waals surface area contributed by atoms with Gasteiger partial charge < -0.3 is 14.6 Å². The molecule has 0 bridgehead atoms. The third-order valence-electron chi connectivity index (χ3n) is 3.07. The maximum Gasteiger partial charge on any atom is 0.207 e. The molecule has 108 valence electrons. The molecule has 0 amide bonds. The van der Waals surface area contributed by atoms with Gasteiger partial charge in [-0.3, -0.25) is 0 Å². The van der Waals surface area contributed by atoms with Gasteiger partial charge >= 0.3 is 0 Å². The predicted molar refractivity (Wildman–Crippen MR) is 78.1 cm³/mol. The number of rotatable bonds is 6. The molecule has 20 heavy (non-hydrogen) atoms. The smallest absolute Gasteiger partial charge is 0.207 e. The molecule has 0 aliphatic heterocycles. The van der Waals surface area contributed by atoms with E-state index in [1.54, 1.807) is 19.2 Å². The van der Waals surface area contributed by atoms with Crippen molar-refractivity contribution in [2.75, 3.05) is 12.4 Å². The zero-order valence-electron chi connectivity index (χ0n) is 12.1. The van der Waals surface area contributed by atoms with Crippen LogP contribution in [-0.2, 0) is 6.54 Å². The van der Waals surface area contributed by atoms with Gasteiger partial charge in [0.15, 0.2) is 0 Å². The summed E-state index contributed by atoms with van der Waals surface area (Å²) in [5, 5.41) is 3.04. The molecule has 0 radical (unpaired) electrons. The fourth-order valence-corrected chi connectivity index (χ4v) is 1.99. The normalized spacial score (nSPS) is 10.6. The highest BCUT2D eigenvalue weighted by atomic mass is 19.1. The summed E-state index contributed by atoms with van der Waals surface area (Å²) < 4.78 is 21.0. The summed E-state index contributed by atoms with van der Waals surface area (Å²) >= 11 is 0. The highest BCUT2D eigenvalue weighted by Crippen LogP contribution is 2.24. The van der Waals surface area contributed by atoms with E-state index in [0.717, 1.165) is 25.1 Å². The molecular formula is C15H20FN3O. The number of aromatic nitrogens is 2. The lowest BCUT2D eigenvalue weighted by Crippen LogP contribution is -2.04. The highest BCUT2D eigenvalue weighted by Gasteiger charge is 2.09. The molecule has 0 atom stereocenters. The van der Waals surface area contributed by atoms with Crippen LogP contribution in [0.25, 0.3) is 0 Å². The zero-order chi connectivity index (χ0) is 14.5. The SMILES string of the molecule is CCCCn1cc(C)nc1Nc1cc(OC)ccc1F. The van der Waals surface area contributed by atoms with Crippen LogP contribution in [0.2, 0.25) is 0 Å². The first-order valence-electron chi connectivity index (χ1n) is 6.78. The number of aryl methyl sites for hydroxylation is 2. The number of nitrogens with zero attached hydrogens (tertiary/aromatic N) is 2. The van der Waals surface area contributed by atoms with Crippen LogP contribution in [0.1, 0.15) is 25.5 Å². The third kappa shape index (κ3) is 3.29. The Morgan fingerprint density at radius 1 is 1.40 bits per heavy atom. The van der Waals surface area contributed by atoms with E-state index in [2.05, 4.69) is 17.2 Å². The van der Waals surface area contributed by atoms with Crippen molar-refractivity contribution in [2.24, 2.45) is 0 Å². The van der Waals surface area contributed by atoms with Crippen LogP contribution in [0.4, 0.5) is 16.0 Å². The van der Waals surface area contributed by atoms with E-state index in [0.29, 0.717) is 17.4 Å². The van der Waals surface area contributed by atoms with Crippen molar-refractivity contribution >= 4 is 11.6 Å². The lowest BCUT2D eigenvalue weighted by molar-refractivity contribution is 0.414. The molecule has 0 unspecified atom stereocenters. The van der Waals surface area contributed by atoms with Gasteiger partial charge in [0, 0.05) is 18.8 Å². The number of benzene rings is 1. The van der Waals surface area contributed by atoms with Crippen molar-refractivity contribution in [3.8, 4) is 5.75 Å². The minimum absolute atomic E-state index is 0.325. The Kier molecular flexibility index (Phi) is 4.61. The number of unbranched alkanes of at least 4 members (excludes halogenated alkanes) is 1. The molecule has 0 aliphatic carbocycles. The highest BCUT2D eigenvalue weighted by molar-refractivity contribution is 5.57. The molecule has 1 aromatic carbocycles. The van der Waals surface area contributed by atoms with Gasteiger partial charge in [0.1, 0.15) is 11.6 Å². The first-order chi connectivity index (χ1) is 9.63. The van der Waals surface area contributed by atoms with Crippen LogP contribution < -0.4 is 10.1 Å².